The van der Waals surface area contributed by atoms with Crippen LogP contribution in [0.5, 0.6) is 0 Å². The summed E-state index contributed by atoms with van der Waals surface area (Å²) in [4.78, 5) is 31.8. The lowest BCUT2D eigenvalue weighted by molar-refractivity contribution is 0.100. The number of hydrogen-bond donors (Lipinski definition) is 2. The van der Waals surface area contributed by atoms with Crippen LogP contribution in [0.2, 0.25) is 5.02 Å². The third-order valence-electron chi connectivity index (χ3n) is 4.15. The molecule has 3 aromatic rings. The van der Waals surface area contributed by atoms with Crippen LogP contribution in [-0.2, 0) is 11.8 Å². The van der Waals surface area contributed by atoms with Gasteiger partial charge in [-0.3, -0.25) is 14.6 Å². The van der Waals surface area contributed by atoms with Crippen LogP contribution in [0.4, 0.5) is 5.69 Å². The van der Waals surface area contributed by atoms with E-state index in [1.807, 2.05) is 0 Å². The smallest absolute Gasteiger partial charge is 0.253 e. The molecular formula is C18H18ClN5O3. The largest absolute Gasteiger partial charge is 0.383 e. The Morgan fingerprint density at radius 2 is 2.22 bits per heavy atom. The Bertz CT molecular complexity index is 1030. The van der Waals surface area contributed by atoms with Gasteiger partial charge in [-0.25, -0.2) is 4.98 Å². The second kappa shape index (κ2) is 7.73. The number of ether oxygens (including phenoxy) is 1. The first-order valence-corrected chi connectivity index (χ1v) is 8.48. The van der Waals surface area contributed by atoms with Crippen molar-refractivity contribution in [1.29, 1.82) is 0 Å². The summed E-state index contributed by atoms with van der Waals surface area (Å²) < 4.78 is 6.80. The highest BCUT2D eigenvalue weighted by Crippen LogP contribution is 2.33. The molecule has 140 valence electrons. The van der Waals surface area contributed by atoms with Gasteiger partial charge in [0.05, 0.1) is 39.8 Å². The van der Waals surface area contributed by atoms with Crippen LogP contribution >= 0.6 is 11.6 Å². The van der Waals surface area contributed by atoms with Gasteiger partial charge in [0.2, 0.25) is 0 Å². The molecule has 27 heavy (non-hydrogen) atoms. The molecule has 0 spiro atoms. The van der Waals surface area contributed by atoms with Crippen molar-refractivity contribution >= 4 is 40.5 Å². The number of nitrogens with one attached hydrogen (secondary N) is 1. The van der Waals surface area contributed by atoms with E-state index in [2.05, 4.69) is 15.3 Å². The van der Waals surface area contributed by atoms with E-state index in [-0.39, 0.29) is 11.3 Å². The molecule has 0 saturated heterocycles. The average Bonchev–Trinajstić information content (AvgIpc) is 2.95. The Kier molecular flexibility index (Phi) is 5.38. The van der Waals surface area contributed by atoms with E-state index >= 15 is 0 Å². The summed E-state index contributed by atoms with van der Waals surface area (Å²) in [6.07, 6.45) is 2.12. The molecular weight excluding hydrogens is 370 g/mol. The first kappa shape index (κ1) is 18.8. The number of aldehydes is 1. The molecule has 0 aliphatic rings. The second-order valence-electron chi connectivity index (χ2n) is 5.84. The van der Waals surface area contributed by atoms with Gasteiger partial charge < -0.3 is 20.4 Å². The second-order valence-corrected chi connectivity index (χ2v) is 6.24. The zero-order valence-corrected chi connectivity index (χ0v) is 15.6. The van der Waals surface area contributed by atoms with Gasteiger partial charge in [0.1, 0.15) is 11.2 Å². The SMILES string of the molecule is COCCNc1cc(-c2c(C(N)=O)c3nc(C=O)ccc3n2C)ncc1Cl. The molecule has 0 fully saturated rings. The van der Waals surface area contributed by atoms with Crippen molar-refractivity contribution < 1.29 is 14.3 Å². The van der Waals surface area contributed by atoms with Crippen LogP contribution in [-0.4, -0.2) is 47.0 Å². The lowest BCUT2D eigenvalue weighted by Crippen LogP contribution is -2.13. The summed E-state index contributed by atoms with van der Waals surface area (Å²) in [5.41, 5.74) is 8.71. The lowest BCUT2D eigenvalue weighted by Gasteiger charge is -2.11. The van der Waals surface area contributed by atoms with E-state index in [0.29, 0.717) is 52.6 Å². The molecule has 0 saturated carbocycles. The van der Waals surface area contributed by atoms with Gasteiger partial charge in [0, 0.05) is 26.9 Å². The number of aryl methyl sites for hydroxylation is 1. The minimum absolute atomic E-state index is 0.203. The monoisotopic (exact) mass is 387 g/mol. The summed E-state index contributed by atoms with van der Waals surface area (Å²) in [6.45, 7) is 1.06. The molecule has 0 unspecified atom stereocenters. The van der Waals surface area contributed by atoms with Gasteiger partial charge in [-0.2, -0.15) is 0 Å². The van der Waals surface area contributed by atoms with E-state index < -0.39 is 5.91 Å². The first-order chi connectivity index (χ1) is 13.0. The molecule has 0 aliphatic heterocycles. The fraction of sp³-hybridized carbons (Fsp3) is 0.222. The van der Waals surface area contributed by atoms with Gasteiger partial charge >= 0.3 is 0 Å². The number of carbonyl (C=O) groups excluding carboxylic acids is 2. The third-order valence-corrected chi connectivity index (χ3v) is 4.45. The lowest BCUT2D eigenvalue weighted by atomic mass is 10.1. The third kappa shape index (κ3) is 3.49. The zero-order chi connectivity index (χ0) is 19.6. The number of rotatable bonds is 7. The molecule has 8 nitrogen and oxygen atoms in total. The van der Waals surface area contributed by atoms with Crippen molar-refractivity contribution in [3.63, 3.8) is 0 Å². The van der Waals surface area contributed by atoms with Crippen LogP contribution in [0.25, 0.3) is 22.4 Å². The highest BCUT2D eigenvalue weighted by Gasteiger charge is 2.23. The minimum atomic E-state index is -0.656. The maximum Gasteiger partial charge on any atom is 0.253 e. The van der Waals surface area contributed by atoms with Crippen LogP contribution in [0, 0.1) is 0 Å². The van der Waals surface area contributed by atoms with Crippen molar-refractivity contribution in [3.05, 3.63) is 40.7 Å². The Balaban J connectivity index is 2.20. The van der Waals surface area contributed by atoms with Gasteiger partial charge in [-0.15, -0.1) is 0 Å². The van der Waals surface area contributed by atoms with Crippen LogP contribution in [0.3, 0.4) is 0 Å². The number of hydrogen-bond acceptors (Lipinski definition) is 6. The number of anilines is 1. The van der Waals surface area contributed by atoms with Gasteiger partial charge in [0.15, 0.2) is 6.29 Å². The fourth-order valence-electron chi connectivity index (χ4n) is 2.91. The normalized spacial score (nSPS) is 10.9. The van der Waals surface area contributed by atoms with E-state index in [1.165, 1.54) is 6.20 Å². The highest BCUT2D eigenvalue weighted by molar-refractivity contribution is 6.33. The van der Waals surface area contributed by atoms with Gasteiger partial charge in [0.25, 0.3) is 5.91 Å². The van der Waals surface area contributed by atoms with E-state index in [0.717, 1.165) is 0 Å². The summed E-state index contributed by atoms with van der Waals surface area (Å²) in [5, 5.41) is 3.60. The van der Waals surface area contributed by atoms with Gasteiger partial charge in [-0.1, -0.05) is 11.6 Å². The zero-order valence-electron chi connectivity index (χ0n) is 14.8. The summed E-state index contributed by atoms with van der Waals surface area (Å²) in [5.74, 6) is -0.656. The number of carbonyl (C=O) groups is 2. The Morgan fingerprint density at radius 3 is 2.89 bits per heavy atom. The number of primary amides is 1. The maximum absolute atomic E-state index is 12.2. The standard InChI is InChI=1S/C18H18ClN5O3/c1-24-14-4-3-10(9-25)23-16(14)15(18(20)26)17(24)13-7-12(11(19)8-22-13)21-5-6-27-2/h3-4,7-9H,5-6H2,1-2H3,(H2,20,26)(H,21,22). The van der Waals surface area contributed by atoms with E-state index in [4.69, 9.17) is 22.1 Å². The average molecular weight is 388 g/mol. The molecule has 1 amide bonds. The number of amides is 1. The van der Waals surface area contributed by atoms with Crippen LogP contribution < -0.4 is 11.1 Å². The molecule has 3 rings (SSSR count). The molecule has 0 radical (unpaired) electrons. The number of methoxy groups -OCH3 is 1. The Hall–Kier alpha value is -2.97. The molecule has 3 aromatic heterocycles. The molecule has 0 aromatic carbocycles. The van der Waals surface area contributed by atoms with Crippen molar-refractivity contribution in [3.8, 4) is 11.4 Å². The Morgan fingerprint density at radius 1 is 1.44 bits per heavy atom. The number of fused-ring (bicyclic) bond motifs is 1. The predicted octanol–water partition coefficient (Wildman–Crippen LogP) is 2.26. The van der Waals surface area contributed by atoms with Crippen molar-refractivity contribution in [2.24, 2.45) is 12.8 Å². The molecule has 3 N–H and O–H groups in total. The molecule has 9 heteroatoms. The first-order valence-electron chi connectivity index (χ1n) is 8.11. The Labute approximate surface area is 160 Å². The van der Waals surface area contributed by atoms with E-state index in [9.17, 15) is 9.59 Å². The summed E-state index contributed by atoms with van der Waals surface area (Å²) in [6, 6.07) is 5.03. The van der Waals surface area contributed by atoms with Crippen LogP contribution in [0.1, 0.15) is 20.8 Å². The number of aromatic nitrogens is 3. The summed E-state index contributed by atoms with van der Waals surface area (Å²) in [7, 11) is 3.39. The quantitative estimate of drug-likeness (QED) is 0.475. The van der Waals surface area contributed by atoms with Gasteiger partial charge in [-0.05, 0) is 18.2 Å². The van der Waals surface area contributed by atoms with Crippen molar-refractivity contribution in [2.75, 3.05) is 25.6 Å². The molecule has 0 bridgehead atoms. The fourth-order valence-corrected chi connectivity index (χ4v) is 3.08. The number of nitrogens with two attached hydrogens (primary N) is 1. The molecule has 0 aliphatic carbocycles. The highest BCUT2D eigenvalue weighted by atomic mass is 35.5. The molecule has 0 atom stereocenters. The number of pyridine rings is 2. The van der Waals surface area contributed by atoms with Crippen LogP contribution in [0.15, 0.2) is 24.4 Å². The van der Waals surface area contributed by atoms with E-state index in [1.54, 1.807) is 36.9 Å². The maximum atomic E-state index is 12.2. The number of halogens is 1. The minimum Gasteiger partial charge on any atom is -0.383 e. The molecule has 3 heterocycles. The van der Waals surface area contributed by atoms with Crippen molar-refractivity contribution in [2.45, 2.75) is 0 Å². The predicted molar refractivity (Wildman–Crippen MR) is 103 cm³/mol. The summed E-state index contributed by atoms with van der Waals surface area (Å²) >= 11 is 6.21. The topological polar surface area (TPSA) is 112 Å². The van der Waals surface area contributed by atoms with Crippen molar-refractivity contribution in [1.82, 2.24) is 14.5 Å². The number of nitrogens with zero attached hydrogens (tertiary/aromatic N) is 3.